The molecule has 196 valence electrons. The first-order valence-corrected chi connectivity index (χ1v) is 13.4. The predicted octanol–water partition coefficient (Wildman–Crippen LogP) is 8.37. The number of benzene rings is 2. The van der Waals surface area contributed by atoms with Crippen LogP contribution in [-0.4, -0.2) is 18.5 Å². The molecule has 4 nitrogen and oxygen atoms in total. The Bertz CT molecular complexity index is 936. The minimum Gasteiger partial charge on any atom is -0.463 e. The molecule has 5 heteroatoms. The van der Waals surface area contributed by atoms with Crippen LogP contribution in [-0.2, 0) is 20.7 Å². The van der Waals surface area contributed by atoms with Crippen LogP contribution >= 0.6 is 0 Å². The molecule has 0 aliphatic carbocycles. The zero-order valence-corrected chi connectivity index (χ0v) is 21.7. The lowest BCUT2D eigenvalue weighted by atomic mass is 10.00. The van der Waals surface area contributed by atoms with Gasteiger partial charge in [0, 0.05) is 12.5 Å². The van der Waals surface area contributed by atoms with Crippen LogP contribution in [0.1, 0.15) is 89.5 Å². The largest absolute Gasteiger partial charge is 0.463 e. The van der Waals surface area contributed by atoms with Gasteiger partial charge in [-0.15, -0.1) is 0 Å². The number of unbranched alkanes of at least 4 members (excludes halogenated alkanes) is 9. The average molecular weight is 497 g/mol. The van der Waals surface area contributed by atoms with E-state index in [-0.39, 0.29) is 11.8 Å². The maximum absolute atomic E-state index is 14.6. The van der Waals surface area contributed by atoms with Crippen molar-refractivity contribution in [1.29, 1.82) is 0 Å². The highest BCUT2D eigenvalue weighted by molar-refractivity contribution is 5.81. The van der Waals surface area contributed by atoms with E-state index in [9.17, 15) is 14.0 Å². The molecule has 0 spiro atoms. The van der Waals surface area contributed by atoms with E-state index in [0.29, 0.717) is 18.8 Å². The molecular weight excluding hydrogens is 455 g/mol. The summed E-state index contributed by atoms with van der Waals surface area (Å²) in [6.07, 6.45) is 13.9. The zero-order chi connectivity index (χ0) is 26.0. The number of carbonyl (C=O) groups excluding carboxylic acids is 2. The van der Waals surface area contributed by atoms with Gasteiger partial charge in [0.25, 0.3) is 0 Å². The SMILES string of the molecule is C=CC(=O)OCCCCCCCC(=O)Oc1ccc(-c2ccc(CCCCCCCC)c(F)c2)cc1. The number of esters is 2. The number of halogens is 1. The summed E-state index contributed by atoms with van der Waals surface area (Å²) in [5.41, 5.74) is 2.48. The summed E-state index contributed by atoms with van der Waals surface area (Å²) in [5, 5.41) is 0. The van der Waals surface area contributed by atoms with Crippen molar-refractivity contribution in [2.24, 2.45) is 0 Å². The van der Waals surface area contributed by atoms with Crippen molar-refractivity contribution in [3.63, 3.8) is 0 Å². The first-order valence-electron chi connectivity index (χ1n) is 13.4. The lowest BCUT2D eigenvalue weighted by molar-refractivity contribution is -0.138. The number of aryl methyl sites for hydroxylation is 1. The summed E-state index contributed by atoms with van der Waals surface area (Å²) >= 11 is 0. The number of carbonyl (C=O) groups is 2. The fourth-order valence-electron chi connectivity index (χ4n) is 4.06. The van der Waals surface area contributed by atoms with Crippen molar-refractivity contribution in [3.8, 4) is 16.9 Å². The molecule has 36 heavy (non-hydrogen) atoms. The second-order valence-corrected chi connectivity index (χ2v) is 9.21. The molecule has 2 aromatic carbocycles. The monoisotopic (exact) mass is 496 g/mol. The number of rotatable bonds is 18. The quantitative estimate of drug-likeness (QED) is 0.0900. The molecule has 2 aromatic rings. The molecule has 0 saturated heterocycles. The Morgan fingerprint density at radius 2 is 1.47 bits per heavy atom. The predicted molar refractivity (Wildman–Crippen MR) is 143 cm³/mol. The molecule has 0 saturated carbocycles. The van der Waals surface area contributed by atoms with Gasteiger partial charge in [0.2, 0.25) is 0 Å². The maximum Gasteiger partial charge on any atom is 0.330 e. The maximum atomic E-state index is 14.6. The standard InChI is InChI=1S/C31H41FO4/c1-3-5-6-7-9-12-15-26-17-18-27(24-29(26)32)25-19-21-28(22-20-25)36-31(34)16-13-10-8-11-14-23-35-30(33)4-2/h4,17-22,24H,2-3,5-16,23H2,1H3. The van der Waals surface area contributed by atoms with Crippen molar-refractivity contribution >= 4 is 11.9 Å². The van der Waals surface area contributed by atoms with Gasteiger partial charge in [0.1, 0.15) is 11.6 Å². The van der Waals surface area contributed by atoms with Gasteiger partial charge in [0.05, 0.1) is 6.61 Å². The van der Waals surface area contributed by atoms with E-state index >= 15 is 0 Å². The summed E-state index contributed by atoms with van der Waals surface area (Å²) in [4.78, 5) is 23.1. The highest BCUT2D eigenvalue weighted by Gasteiger charge is 2.08. The Morgan fingerprint density at radius 3 is 2.17 bits per heavy atom. The van der Waals surface area contributed by atoms with E-state index < -0.39 is 5.97 Å². The van der Waals surface area contributed by atoms with Gasteiger partial charge in [0.15, 0.2) is 0 Å². The van der Waals surface area contributed by atoms with Crippen LogP contribution in [0, 0.1) is 5.82 Å². The highest BCUT2D eigenvalue weighted by atomic mass is 19.1. The van der Waals surface area contributed by atoms with Crippen molar-refractivity contribution in [3.05, 3.63) is 66.5 Å². The molecule has 0 N–H and O–H groups in total. The first kappa shape index (κ1) is 29.3. The molecule has 0 fully saturated rings. The zero-order valence-electron chi connectivity index (χ0n) is 21.7. The van der Waals surface area contributed by atoms with Crippen LogP contribution in [0.5, 0.6) is 5.75 Å². The van der Waals surface area contributed by atoms with Crippen LogP contribution in [0.25, 0.3) is 11.1 Å². The fraction of sp³-hybridized carbons (Fsp3) is 0.484. The number of hydrogen-bond acceptors (Lipinski definition) is 4. The Hall–Kier alpha value is -2.95. The third kappa shape index (κ3) is 11.7. The normalized spacial score (nSPS) is 10.7. The van der Waals surface area contributed by atoms with E-state index in [0.717, 1.165) is 74.1 Å². The van der Waals surface area contributed by atoms with Gasteiger partial charge in [-0.3, -0.25) is 4.79 Å². The molecule has 2 rings (SSSR count). The van der Waals surface area contributed by atoms with E-state index in [2.05, 4.69) is 13.5 Å². The van der Waals surface area contributed by atoms with Crippen molar-refractivity contribution in [1.82, 2.24) is 0 Å². The van der Waals surface area contributed by atoms with Gasteiger partial charge in [-0.2, -0.15) is 0 Å². The molecule has 0 bridgehead atoms. The summed E-state index contributed by atoms with van der Waals surface area (Å²) in [6, 6.07) is 12.6. The first-order chi connectivity index (χ1) is 17.5. The molecule has 0 aromatic heterocycles. The van der Waals surface area contributed by atoms with E-state index in [4.69, 9.17) is 9.47 Å². The van der Waals surface area contributed by atoms with Crippen LogP contribution in [0.4, 0.5) is 4.39 Å². The summed E-state index contributed by atoms with van der Waals surface area (Å²) in [5.74, 6) is -0.315. The Balaban J connectivity index is 1.68. The van der Waals surface area contributed by atoms with Crippen molar-refractivity contribution in [2.75, 3.05) is 6.61 Å². The van der Waals surface area contributed by atoms with Crippen LogP contribution in [0.15, 0.2) is 55.1 Å². The molecule has 0 amide bonds. The molecule has 0 unspecified atom stereocenters. The summed E-state index contributed by atoms with van der Waals surface area (Å²) in [6.45, 7) is 5.96. The van der Waals surface area contributed by atoms with Gasteiger partial charge < -0.3 is 9.47 Å². The average Bonchev–Trinajstić information content (AvgIpc) is 2.88. The van der Waals surface area contributed by atoms with E-state index in [1.54, 1.807) is 18.2 Å². The number of ether oxygens (including phenoxy) is 2. The van der Waals surface area contributed by atoms with E-state index in [1.165, 1.54) is 25.7 Å². The molecule has 0 aliphatic heterocycles. The number of hydrogen-bond donors (Lipinski definition) is 0. The molecule has 0 aliphatic rings. The Morgan fingerprint density at radius 1 is 0.833 bits per heavy atom. The smallest absolute Gasteiger partial charge is 0.330 e. The van der Waals surface area contributed by atoms with Crippen molar-refractivity contribution in [2.45, 2.75) is 90.4 Å². The third-order valence-corrected chi connectivity index (χ3v) is 6.21. The van der Waals surface area contributed by atoms with Gasteiger partial charge >= 0.3 is 11.9 Å². The fourth-order valence-corrected chi connectivity index (χ4v) is 4.06. The van der Waals surface area contributed by atoms with Crippen molar-refractivity contribution < 1.29 is 23.5 Å². The second kappa shape index (κ2) is 17.5. The van der Waals surface area contributed by atoms with Crippen LogP contribution in [0.3, 0.4) is 0 Å². The molecule has 0 heterocycles. The molecule has 0 atom stereocenters. The highest BCUT2D eigenvalue weighted by Crippen LogP contribution is 2.25. The Labute approximate surface area is 215 Å². The van der Waals surface area contributed by atoms with Gasteiger partial charge in [-0.1, -0.05) is 89.1 Å². The van der Waals surface area contributed by atoms with E-state index in [1.807, 2.05) is 24.3 Å². The lowest BCUT2D eigenvalue weighted by Gasteiger charge is -2.08. The second-order valence-electron chi connectivity index (χ2n) is 9.21. The minimum absolute atomic E-state index is 0.158. The van der Waals surface area contributed by atoms with Crippen LogP contribution < -0.4 is 4.74 Å². The summed E-state index contributed by atoms with van der Waals surface area (Å²) in [7, 11) is 0. The minimum atomic E-state index is -0.394. The third-order valence-electron chi connectivity index (χ3n) is 6.21. The Kier molecular flexibility index (Phi) is 14.2. The van der Waals surface area contributed by atoms with Crippen LogP contribution in [0.2, 0.25) is 0 Å². The lowest BCUT2D eigenvalue weighted by Crippen LogP contribution is -2.07. The topological polar surface area (TPSA) is 52.6 Å². The van der Waals surface area contributed by atoms with Gasteiger partial charge in [-0.05, 0) is 60.6 Å². The molecular formula is C31H41FO4. The van der Waals surface area contributed by atoms with Gasteiger partial charge in [-0.25, -0.2) is 9.18 Å². The molecule has 0 radical (unpaired) electrons. The summed E-state index contributed by atoms with van der Waals surface area (Å²) < 4.78 is 25.0.